The van der Waals surface area contributed by atoms with Crippen molar-refractivity contribution < 1.29 is 18.0 Å². The molecule has 0 spiro atoms. The number of halogens is 2. The van der Waals surface area contributed by atoms with E-state index in [1.807, 2.05) is 0 Å². The summed E-state index contributed by atoms with van der Waals surface area (Å²) in [5.41, 5.74) is 1.51. The molecule has 4 aromatic rings. The molecule has 1 aliphatic heterocycles. The minimum Gasteiger partial charge on any atom is -0.423 e. The van der Waals surface area contributed by atoms with E-state index in [1.54, 1.807) is 11.0 Å². The molecule has 2 unspecified atom stereocenters. The van der Waals surface area contributed by atoms with E-state index in [1.165, 1.54) is 47.5 Å². The fourth-order valence-corrected chi connectivity index (χ4v) is 4.32. The van der Waals surface area contributed by atoms with E-state index in [0.29, 0.717) is 29.8 Å². The van der Waals surface area contributed by atoms with E-state index in [9.17, 15) is 13.6 Å². The van der Waals surface area contributed by atoms with E-state index in [-0.39, 0.29) is 29.6 Å². The molecule has 33 heavy (non-hydrogen) atoms. The molecule has 2 aromatic heterocycles. The number of hydrogen-bond donors (Lipinski definition) is 1. The zero-order valence-corrected chi connectivity index (χ0v) is 17.9. The number of likely N-dealkylation sites (tertiary alicyclic amines) is 1. The van der Waals surface area contributed by atoms with Crippen molar-refractivity contribution in [2.75, 3.05) is 18.4 Å². The smallest absolute Gasteiger partial charge is 0.295 e. The van der Waals surface area contributed by atoms with Gasteiger partial charge in [0.05, 0.1) is 24.0 Å². The monoisotopic (exact) mass is 452 g/mol. The fraction of sp³-hybridized carbons (Fsp3) is 0.304. The van der Waals surface area contributed by atoms with Crippen LogP contribution in [-0.2, 0) is 0 Å². The number of nitrogens with one attached hydrogen (secondary N) is 1. The summed E-state index contributed by atoms with van der Waals surface area (Å²) in [7, 11) is 0. The van der Waals surface area contributed by atoms with Gasteiger partial charge in [0, 0.05) is 25.2 Å². The first kappa shape index (κ1) is 21.0. The summed E-state index contributed by atoms with van der Waals surface area (Å²) in [6.45, 7) is 3.06. The molecule has 0 bridgehead atoms. The zero-order chi connectivity index (χ0) is 22.9. The Morgan fingerprint density at radius 3 is 2.73 bits per heavy atom. The van der Waals surface area contributed by atoms with Crippen molar-refractivity contribution >= 4 is 23.0 Å². The third-order valence-electron chi connectivity index (χ3n) is 6.01. The lowest BCUT2D eigenvalue weighted by molar-refractivity contribution is 0.0539. The SMILES string of the molecule is CC1CCCN(C(=O)c2ccc(F)cc2-n2nccn2)C1CNc1nc2ccc(F)cc2o1. The van der Waals surface area contributed by atoms with Crippen LogP contribution in [0.4, 0.5) is 14.8 Å². The molecule has 3 heterocycles. The van der Waals surface area contributed by atoms with Crippen LogP contribution in [0.5, 0.6) is 0 Å². The molecule has 1 fully saturated rings. The third kappa shape index (κ3) is 4.15. The number of piperidine rings is 1. The summed E-state index contributed by atoms with van der Waals surface area (Å²) in [4.78, 5) is 21.0. The number of benzene rings is 2. The molecular formula is C23H22F2N6O2. The molecule has 5 rings (SSSR count). The van der Waals surface area contributed by atoms with Crippen molar-refractivity contribution in [1.82, 2.24) is 24.9 Å². The highest BCUT2D eigenvalue weighted by molar-refractivity contribution is 5.98. The normalized spacial score (nSPS) is 18.6. The van der Waals surface area contributed by atoms with Gasteiger partial charge in [-0.2, -0.15) is 20.0 Å². The van der Waals surface area contributed by atoms with Gasteiger partial charge in [0.25, 0.3) is 11.9 Å². The molecule has 170 valence electrons. The number of nitrogens with zero attached hydrogens (tertiary/aromatic N) is 5. The van der Waals surface area contributed by atoms with Crippen LogP contribution in [0.2, 0.25) is 0 Å². The van der Waals surface area contributed by atoms with Gasteiger partial charge in [-0.15, -0.1) is 0 Å². The number of anilines is 1. The summed E-state index contributed by atoms with van der Waals surface area (Å²) in [6.07, 6.45) is 4.77. The van der Waals surface area contributed by atoms with Gasteiger partial charge >= 0.3 is 0 Å². The quantitative estimate of drug-likeness (QED) is 0.492. The summed E-state index contributed by atoms with van der Waals surface area (Å²) in [5.74, 6) is -0.884. The number of carbonyl (C=O) groups is 1. The van der Waals surface area contributed by atoms with Crippen molar-refractivity contribution in [2.24, 2.45) is 5.92 Å². The Morgan fingerprint density at radius 1 is 1.15 bits per heavy atom. The zero-order valence-electron chi connectivity index (χ0n) is 17.9. The van der Waals surface area contributed by atoms with Crippen molar-refractivity contribution in [1.29, 1.82) is 0 Å². The van der Waals surface area contributed by atoms with Crippen LogP contribution in [0.1, 0.15) is 30.1 Å². The molecule has 1 N–H and O–H groups in total. The molecule has 0 aliphatic carbocycles. The molecular weight excluding hydrogens is 430 g/mol. The van der Waals surface area contributed by atoms with E-state index in [4.69, 9.17) is 4.42 Å². The number of aromatic nitrogens is 4. The molecule has 2 aromatic carbocycles. The fourth-order valence-electron chi connectivity index (χ4n) is 4.32. The molecule has 8 nitrogen and oxygen atoms in total. The average molecular weight is 452 g/mol. The van der Waals surface area contributed by atoms with Gasteiger partial charge in [0.15, 0.2) is 5.58 Å². The highest BCUT2D eigenvalue weighted by atomic mass is 19.1. The van der Waals surface area contributed by atoms with Gasteiger partial charge in [-0.05, 0) is 43.0 Å². The summed E-state index contributed by atoms with van der Waals surface area (Å²) in [5, 5.41) is 11.3. The highest BCUT2D eigenvalue weighted by Crippen LogP contribution is 2.28. The minimum absolute atomic E-state index is 0.151. The Morgan fingerprint density at radius 2 is 1.91 bits per heavy atom. The molecule has 2 atom stereocenters. The first-order valence-electron chi connectivity index (χ1n) is 10.8. The number of hydrogen-bond acceptors (Lipinski definition) is 6. The minimum atomic E-state index is -0.475. The second kappa shape index (κ2) is 8.61. The van der Waals surface area contributed by atoms with Crippen LogP contribution in [0.3, 0.4) is 0 Å². The van der Waals surface area contributed by atoms with Gasteiger partial charge < -0.3 is 14.6 Å². The highest BCUT2D eigenvalue weighted by Gasteiger charge is 2.34. The standard InChI is InChI=1S/C23H22F2N6O2/c1-14-3-2-10-30(20(14)13-26-23-29-18-7-5-16(25)12-21(18)33-23)22(32)17-6-4-15(24)11-19(17)31-27-8-9-28-31/h4-9,11-12,14,20H,2-3,10,13H2,1H3,(H,26,29). The Balaban J connectivity index is 1.40. The Hall–Kier alpha value is -3.82. The van der Waals surface area contributed by atoms with E-state index in [0.717, 1.165) is 12.8 Å². The van der Waals surface area contributed by atoms with Gasteiger partial charge in [0.1, 0.15) is 22.8 Å². The van der Waals surface area contributed by atoms with Crippen molar-refractivity contribution in [3.05, 3.63) is 66.0 Å². The molecule has 10 heteroatoms. The molecule has 1 amide bonds. The Labute approximate surface area is 188 Å². The van der Waals surface area contributed by atoms with Crippen LogP contribution < -0.4 is 5.32 Å². The van der Waals surface area contributed by atoms with Crippen molar-refractivity contribution in [2.45, 2.75) is 25.8 Å². The van der Waals surface area contributed by atoms with E-state index in [2.05, 4.69) is 27.4 Å². The summed E-state index contributed by atoms with van der Waals surface area (Å²) < 4.78 is 33.0. The van der Waals surface area contributed by atoms with Gasteiger partial charge in [0.2, 0.25) is 0 Å². The maximum absolute atomic E-state index is 14.0. The van der Waals surface area contributed by atoms with E-state index < -0.39 is 11.6 Å². The molecule has 0 saturated carbocycles. The lowest BCUT2D eigenvalue weighted by Gasteiger charge is -2.40. The predicted octanol–water partition coefficient (Wildman–Crippen LogP) is 4.04. The maximum atomic E-state index is 14.0. The maximum Gasteiger partial charge on any atom is 0.295 e. The topological polar surface area (TPSA) is 89.1 Å². The van der Waals surface area contributed by atoms with Gasteiger partial charge in [-0.1, -0.05) is 6.92 Å². The number of carbonyl (C=O) groups excluding carboxylic acids is 1. The molecule has 0 radical (unpaired) electrons. The lowest BCUT2D eigenvalue weighted by Crippen LogP contribution is -2.51. The molecule has 1 saturated heterocycles. The van der Waals surface area contributed by atoms with Crippen molar-refractivity contribution in [3.63, 3.8) is 0 Å². The second-order valence-electron chi connectivity index (χ2n) is 8.18. The number of amides is 1. The number of oxazole rings is 1. The number of rotatable bonds is 5. The Kier molecular flexibility index (Phi) is 5.49. The van der Waals surface area contributed by atoms with Crippen molar-refractivity contribution in [3.8, 4) is 5.69 Å². The summed E-state index contributed by atoms with van der Waals surface area (Å²) >= 11 is 0. The number of fused-ring (bicyclic) bond motifs is 1. The predicted molar refractivity (Wildman–Crippen MR) is 117 cm³/mol. The summed E-state index contributed by atoms with van der Waals surface area (Å²) in [6, 6.07) is 8.26. The van der Waals surface area contributed by atoms with E-state index >= 15 is 0 Å². The third-order valence-corrected chi connectivity index (χ3v) is 6.01. The average Bonchev–Trinajstić information content (AvgIpc) is 3.47. The largest absolute Gasteiger partial charge is 0.423 e. The second-order valence-corrected chi connectivity index (χ2v) is 8.18. The first-order chi connectivity index (χ1) is 16.0. The van der Waals surface area contributed by atoms with Crippen LogP contribution in [0, 0.1) is 17.6 Å². The Bertz CT molecular complexity index is 1290. The van der Waals surface area contributed by atoms with Crippen LogP contribution >= 0.6 is 0 Å². The van der Waals surface area contributed by atoms with Crippen LogP contribution in [-0.4, -0.2) is 49.9 Å². The van der Waals surface area contributed by atoms with Gasteiger partial charge in [-0.3, -0.25) is 4.79 Å². The van der Waals surface area contributed by atoms with Crippen LogP contribution in [0.25, 0.3) is 16.8 Å². The van der Waals surface area contributed by atoms with Gasteiger partial charge in [-0.25, -0.2) is 8.78 Å². The first-order valence-corrected chi connectivity index (χ1v) is 10.8. The van der Waals surface area contributed by atoms with Crippen LogP contribution in [0.15, 0.2) is 53.2 Å². The molecule has 1 aliphatic rings. The lowest BCUT2D eigenvalue weighted by atomic mass is 9.90.